The number of amides is 1. The van der Waals surface area contributed by atoms with E-state index in [1.54, 1.807) is 24.1 Å². The van der Waals surface area contributed by atoms with Crippen LogP contribution in [0.25, 0.3) is 0 Å². The number of rotatable bonds is 9. The molecule has 2 saturated heterocycles. The maximum Gasteiger partial charge on any atom is 0.410 e. The molecule has 37 heavy (non-hydrogen) atoms. The summed E-state index contributed by atoms with van der Waals surface area (Å²) in [4.78, 5) is 16.3. The van der Waals surface area contributed by atoms with Crippen LogP contribution < -0.4 is 4.74 Å². The summed E-state index contributed by atoms with van der Waals surface area (Å²) in [6, 6.07) is 16.8. The number of carbonyl (C=O) groups is 1. The Hall–Kier alpha value is -2.36. The number of hydrogen-bond donors (Lipinski definition) is 0. The van der Waals surface area contributed by atoms with Crippen LogP contribution >= 0.6 is 11.9 Å². The van der Waals surface area contributed by atoms with Crippen LogP contribution in [0.4, 0.5) is 13.6 Å². The van der Waals surface area contributed by atoms with E-state index >= 15 is 0 Å². The van der Waals surface area contributed by atoms with Gasteiger partial charge in [0.1, 0.15) is 12.4 Å². The molecular weight excluding hydrogens is 498 g/mol. The molecule has 3 fully saturated rings. The minimum absolute atomic E-state index is 0.171. The lowest BCUT2D eigenvalue weighted by Crippen LogP contribution is -2.44. The topological polar surface area (TPSA) is 51.2 Å². The fourth-order valence-corrected chi connectivity index (χ4v) is 6.85. The normalized spacial score (nSPS) is 24.2. The fraction of sp³-hybridized carbons (Fsp3) is 0.536. The van der Waals surface area contributed by atoms with Crippen molar-refractivity contribution in [1.82, 2.24) is 9.21 Å². The van der Waals surface area contributed by atoms with Gasteiger partial charge in [0.15, 0.2) is 0 Å². The first-order valence-corrected chi connectivity index (χ1v) is 13.8. The maximum absolute atomic E-state index is 13.3. The Labute approximate surface area is 221 Å². The van der Waals surface area contributed by atoms with Gasteiger partial charge in [0.2, 0.25) is 0 Å². The molecule has 2 heterocycles. The summed E-state index contributed by atoms with van der Waals surface area (Å²) in [5.74, 6) is 1.67. The largest absolute Gasteiger partial charge is 0.445 e. The molecule has 2 aromatic carbocycles. The molecule has 0 spiro atoms. The number of halogens is 2. The summed E-state index contributed by atoms with van der Waals surface area (Å²) in [6.45, 7) is 1.62. The molecular formula is C28H34F2N2O4S. The Balaban J connectivity index is 1.16. The molecule has 1 amide bonds. The van der Waals surface area contributed by atoms with Crippen molar-refractivity contribution in [3.05, 3.63) is 60.2 Å². The zero-order valence-electron chi connectivity index (χ0n) is 20.8. The number of hydrogen-bond acceptors (Lipinski definition) is 6. The average molecular weight is 533 g/mol. The first-order chi connectivity index (χ1) is 18.0. The molecule has 2 atom stereocenters. The monoisotopic (exact) mass is 532 g/mol. The second-order valence-corrected chi connectivity index (χ2v) is 11.4. The van der Waals surface area contributed by atoms with E-state index in [4.69, 9.17) is 9.47 Å². The number of ether oxygens (including phenoxy) is 3. The Kier molecular flexibility index (Phi) is 8.84. The molecule has 1 aliphatic carbocycles. The van der Waals surface area contributed by atoms with Crippen molar-refractivity contribution in [2.24, 2.45) is 17.8 Å². The highest BCUT2D eigenvalue weighted by atomic mass is 32.2. The summed E-state index contributed by atoms with van der Waals surface area (Å²) < 4.78 is 42.9. The van der Waals surface area contributed by atoms with Crippen LogP contribution in [0.2, 0.25) is 0 Å². The minimum atomic E-state index is -2.81. The van der Waals surface area contributed by atoms with Gasteiger partial charge in [-0.3, -0.25) is 0 Å². The highest BCUT2D eigenvalue weighted by Gasteiger charge is 2.44. The molecule has 2 aromatic rings. The Bertz CT molecular complexity index is 993. The molecule has 2 aliphatic heterocycles. The average Bonchev–Trinajstić information content (AvgIpc) is 3.46. The molecule has 9 heteroatoms. The molecule has 3 aliphatic rings. The van der Waals surface area contributed by atoms with Crippen molar-refractivity contribution in [2.45, 2.75) is 49.8 Å². The number of fused-ring (bicyclic) bond motifs is 1. The van der Waals surface area contributed by atoms with Crippen LogP contribution in [0.5, 0.6) is 5.75 Å². The van der Waals surface area contributed by atoms with Crippen LogP contribution in [-0.4, -0.2) is 60.8 Å². The second kappa shape index (κ2) is 12.5. The molecule has 200 valence electrons. The molecule has 5 rings (SSSR count). The second-order valence-electron chi connectivity index (χ2n) is 10.2. The summed E-state index contributed by atoms with van der Waals surface area (Å²) in [7, 11) is 0. The standard InChI is InChI=1S/C28H34F2N2O4S/c29-27(30)36-25-6-8-26(9-7-25)37-31-17-22-14-24(15-23(22)18-31)32(16-20-10-12-34-13-11-20)28(33)35-19-21-4-2-1-3-5-21/h1-9,20,22-24,27H,10-19H2. The quantitative estimate of drug-likeness (QED) is 0.366. The van der Waals surface area contributed by atoms with Gasteiger partial charge in [0.25, 0.3) is 0 Å². The van der Waals surface area contributed by atoms with E-state index in [2.05, 4.69) is 9.04 Å². The van der Waals surface area contributed by atoms with Crippen molar-refractivity contribution >= 4 is 18.0 Å². The number of nitrogens with zero attached hydrogens (tertiary/aromatic N) is 2. The van der Waals surface area contributed by atoms with E-state index in [0.717, 1.165) is 69.0 Å². The van der Waals surface area contributed by atoms with Crippen molar-refractivity contribution in [1.29, 1.82) is 0 Å². The highest BCUT2D eigenvalue weighted by Crippen LogP contribution is 2.44. The maximum atomic E-state index is 13.3. The Morgan fingerprint density at radius 2 is 1.70 bits per heavy atom. The van der Waals surface area contributed by atoms with Gasteiger partial charge in [0.05, 0.1) is 0 Å². The van der Waals surface area contributed by atoms with Crippen molar-refractivity contribution in [3.63, 3.8) is 0 Å². The first kappa shape index (κ1) is 26.3. The summed E-state index contributed by atoms with van der Waals surface area (Å²) in [5, 5.41) is 0. The Morgan fingerprint density at radius 3 is 2.35 bits per heavy atom. The van der Waals surface area contributed by atoms with Crippen LogP contribution in [0.15, 0.2) is 59.5 Å². The van der Waals surface area contributed by atoms with Crippen LogP contribution in [0.3, 0.4) is 0 Å². The zero-order valence-corrected chi connectivity index (χ0v) is 21.7. The molecule has 1 saturated carbocycles. The SMILES string of the molecule is O=C(OCc1ccccc1)N(CC1CCOCC1)C1CC2CN(Sc3ccc(OC(F)F)cc3)CC2C1. The lowest BCUT2D eigenvalue weighted by molar-refractivity contribution is -0.0498. The summed E-state index contributed by atoms with van der Waals surface area (Å²) in [5.41, 5.74) is 0.992. The molecule has 0 radical (unpaired) electrons. The lowest BCUT2D eigenvalue weighted by Gasteiger charge is -2.34. The van der Waals surface area contributed by atoms with Gasteiger partial charge in [-0.25, -0.2) is 9.10 Å². The highest BCUT2D eigenvalue weighted by molar-refractivity contribution is 7.97. The third-order valence-electron chi connectivity index (χ3n) is 7.65. The van der Waals surface area contributed by atoms with Gasteiger partial charge in [0, 0.05) is 43.8 Å². The Morgan fingerprint density at radius 1 is 1.03 bits per heavy atom. The van der Waals surface area contributed by atoms with Crippen molar-refractivity contribution < 1.29 is 27.8 Å². The van der Waals surface area contributed by atoms with Crippen LogP contribution in [0, 0.1) is 17.8 Å². The van der Waals surface area contributed by atoms with Crippen molar-refractivity contribution in [2.75, 3.05) is 32.8 Å². The number of alkyl halides is 2. The van der Waals surface area contributed by atoms with E-state index in [-0.39, 0.29) is 24.5 Å². The first-order valence-electron chi connectivity index (χ1n) is 13.1. The van der Waals surface area contributed by atoms with Crippen LogP contribution in [-0.2, 0) is 16.1 Å². The van der Waals surface area contributed by atoms with E-state index < -0.39 is 6.61 Å². The predicted octanol–water partition coefficient (Wildman–Crippen LogP) is 6.07. The zero-order chi connectivity index (χ0) is 25.6. The van der Waals surface area contributed by atoms with Crippen LogP contribution in [0.1, 0.15) is 31.2 Å². The molecule has 2 unspecified atom stereocenters. The molecule has 0 bridgehead atoms. The van der Waals surface area contributed by atoms with Gasteiger partial charge in [-0.05, 0) is 85.2 Å². The number of carbonyl (C=O) groups excluding carboxylic acids is 1. The molecule has 6 nitrogen and oxygen atoms in total. The van der Waals surface area contributed by atoms with Gasteiger partial charge in [-0.2, -0.15) is 8.78 Å². The van der Waals surface area contributed by atoms with Gasteiger partial charge >= 0.3 is 12.7 Å². The van der Waals surface area contributed by atoms with Crippen molar-refractivity contribution in [3.8, 4) is 5.75 Å². The van der Waals surface area contributed by atoms with E-state index in [1.165, 1.54) is 0 Å². The van der Waals surface area contributed by atoms with E-state index in [1.807, 2.05) is 47.4 Å². The van der Waals surface area contributed by atoms with Gasteiger partial charge < -0.3 is 19.1 Å². The third-order valence-corrected chi connectivity index (χ3v) is 8.69. The van der Waals surface area contributed by atoms with Gasteiger partial charge in [-0.15, -0.1) is 0 Å². The number of benzene rings is 2. The van der Waals surface area contributed by atoms with E-state index in [0.29, 0.717) is 17.8 Å². The lowest BCUT2D eigenvalue weighted by atomic mass is 9.98. The fourth-order valence-electron chi connectivity index (χ4n) is 5.77. The minimum Gasteiger partial charge on any atom is -0.445 e. The molecule has 0 aromatic heterocycles. The van der Waals surface area contributed by atoms with Gasteiger partial charge in [-0.1, -0.05) is 30.3 Å². The third kappa shape index (κ3) is 7.15. The summed E-state index contributed by atoms with van der Waals surface area (Å²) >= 11 is 1.66. The summed E-state index contributed by atoms with van der Waals surface area (Å²) in [6.07, 6.45) is 3.71. The van der Waals surface area contributed by atoms with E-state index in [9.17, 15) is 13.6 Å². The molecule has 0 N–H and O–H groups in total. The predicted molar refractivity (Wildman–Crippen MR) is 137 cm³/mol. The smallest absolute Gasteiger partial charge is 0.410 e.